The predicted molar refractivity (Wildman–Crippen MR) is 77.5 cm³/mol. The van der Waals surface area contributed by atoms with E-state index in [0.29, 0.717) is 31.6 Å². The first-order valence-corrected chi connectivity index (χ1v) is 7.24. The van der Waals surface area contributed by atoms with Gasteiger partial charge in [0, 0.05) is 18.7 Å². The van der Waals surface area contributed by atoms with Crippen LogP contribution in [0.3, 0.4) is 0 Å². The van der Waals surface area contributed by atoms with Crippen molar-refractivity contribution in [1.29, 1.82) is 5.26 Å². The molecule has 1 aromatic carbocycles. The van der Waals surface area contributed by atoms with Crippen molar-refractivity contribution in [3.63, 3.8) is 0 Å². The van der Waals surface area contributed by atoms with E-state index < -0.39 is 5.54 Å². The lowest BCUT2D eigenvalue weighted by Crippen LogP contribution is -2.53. The number of nitriles is 1. The predicted octanol–water partition coefficient (Wildman–Crippen LogP) is 1.43. The van der Waals surface area contributed by atoms with Crippen molar-refractivity contribution in [3.05, 3.63) is 34.9 Å². The SMILES string of the molecule is CN1CCC(C#N)(NC(=O)c2ccc3c(c2)COC3)CC1. The number of carbonyl (C=O) groups excluding carboxylic acids is 1. The third-order valence-corrected chi connectivity index (χ3v) is 4.39. The fourth-order valence-corrected chi connectivity index (χ4v) is 2.87. The maximum atomic E-state index is 12.4. The number of piperidine rings is 1. The Morgan fingerprint density at radius 3 is 2.76 bits per heavy atom. The van der Waals surface area contributed by atoms with Crippen molar-refractivity contribution in [1.82, 2.24) is 10.2 Å². The van der Waals surface area contributed by atoms with E-state index in [0.717, 1.165) is 24.2 Å². The van der Waals surface area contributed by atoms with Gasteiger partial charge in [0.15, 0.2) is 0 Å². The average molecular weight is 285 g/mol. The number of hydrogen-bond acceptors (Lipinski definition) is 4. The molecule has 0 spiro atoms. The molecule has 2 aliphatic rings. The third kappa shape index (κ3) is 2.78. The fourth-order valence-electron chi connectivity index (χ4n) is 2.87. The molecule has 0 saturated carbocycles. The zero-order valence-electron chi connectivity index (χ0n) is 12.2. The highest BCUT2D eigenvalue weighted by atomic mass is 16.5. The highest BCUT2D eigenvalue weighted by Gasteiger charge is 2.35. The number of nitrogens with one attached hydrogen (secondary N) is 1. The summed E-state index contributed by atoms with van der Waals surface area (Å²) < 4.78 is 5.36. The molecule has 0 bridgehead atoms. The summed E-state index contributed by atoms with van der Waals surface area (Å²) in [4.78, 5) is 14.6. The molecule has 2 aliphatic heterocycles. The second-order valence-electron chi connectivity index (χ2n) is 5.93. The summed E-state index contributed by atoms with van der Waals surface area (Å²) in [5.74, 6) is -0.171. The van der Waals surface area contributed by atoms with Crippen LogP contribution in [0.15, 0.2) is 18.2 Å². The van der Waals surface area contributed by atoms with Gasteiger partial charge in [0.2, 0.25) is 0 Å². The number of amides is 1. The van der Waals surface area contributed by atoms with Crippen LogP contribution in [0.1, 0.15) is 34.3 Å². The van der Waals surface area contributed by atoms with Gasteiger partial charge >= 0.3 is 0 Å². The van der Waals surface area contributed by atoms with E-state index in [1.54, 1.807) is 0 Å². The van der Waals surface area contributed by atoms with Gasteiger partial charge in [-0.1, -0.05) is 6.07 Å². The molecule has 0 aromatic heterocycles. The molecular weight excluding hydrogens is 266 g/mol. The molecule has 2 heterocycles. The number of benzene rings is 1. The summed E-state index contributed by atoms with van der Waals surface area (Å²) in [7, 11) is 2.03. The first kappa shape index (κ1) is 14.1. The van der Waals surface area contributed by atoms with E-state index in [-0.39, 0.29) is 5.91 Å². The smallest absolute Gasteiger partial charge is 0.252 e. The number of fused-ring (bicyclic) bond motifs is 1. The lowest BCUT2D eigenvalue weighted by Gasteiger charge is -2.36. The zero-order valence-corrected chi connectivity index (χ0v) is 12.2. The molecule has 0 unspecified atom stereocenters. The lowest BCUT2D eigenvalue weighted by atomic mass is 9.88. The van der Waals surface area contributed by atoms with E-state index in [1.165, 1.54) is 0 Å². The minimum atomic E-state index is -0.737. The standard InChI is InChI=1S/C16H19N3O2/c1-19-6-4-16(11-17,5-7-19)18-15(20)12-2-3-13-9-21-10-14(13)8-12/h2-3,8H,4-7,9-10H2,1H3,(H,18,20). The fraction of sp³-hybridized carbons (Fsp3) is 0.500. The van der Waals surface area contributed by atoms with Crippen LogP contribution in [0, 0.1) is 11.3 Å². The van der Waals surface area contributed by atoms with Gasteiger partial charge in [-0.05, 0) is 43.1 Å². The first-order valence-electron chi connectivity index (χ1n) is 7.24. The number of likely N-dealkylation sites (tertiary alicyclic amines) is 1. The van der Waals surface area contributed by atoms with Crippen molar-refractivity contribution >= 4 is 5.91 Å². The van der Waals surface area contributed by atoms with Crippen LogP contribution in [-0.2, 0) is 18.0 Å². The van der Waals surface area contributed by atoms with Gasteiger partial charge in [0.05, 0.1) is 19.3 Å². The van der Waals surface area contributed by atoms with Crippen LogP contribution in [0.2, 0.25) is 0 Å². The summed E-state index contributed by atoms with van der Waals surface area (Å²) >= 11 is 0. The van der Waals surface area contributed by atoms with E-state index in [2.05, 4.69) is 16.3 Å². The van der Waals surface area contributed by atoms with E-state index in [9.17, 15) is 10.1 Å². The number of carbonyl (C=O) groups is 1. The molecule has 1 amide bonds. The molecule has 5 nitrogen and oxygen atoms in total. The Kier molecular flexibility index (Phi) is 3.66. The Hall–Kier alpha value is -1.90. The monoisotopic (exact) mass is 285 g/mol. The Morgan fingerprint density at radius 1 is 1.33 bits per heavy atom. The molecule has 21 heavy (non-hydrogen) atoms. The van der Waals surface area contributed by atoms with Gasteiger partial charge in [0.25, 0.3) is 5.91 Å². The molecule has 1 N–H and O–H groups in total. The lowest BCUT2D eigenvalue weighted by molar-refractivity contribution is 0.0882. The van der Waals surface area contributed by atoms with Crippen LogP contribution >= 0.6 is 0 Å². The minimum absolute atomic E-state index is 0.171. The van der Waals surface area contributed by atoms with Gasteiger partial charge in [0.1, 0.15) is 5.54 Å². The summed E-state index contributed by atoms with van der Waals surface area (Å²) in [5.41, 5.74) is 2.07. The van der Waals surface area contributed by atoms with E-state index in [1.807, 2.05) is 25.2 Å². The zero-order chi connectivity index (χ0) is 14.9. The Balaban J connectivity index is 1.75. The van der Waals surface area contributed by atoms with Crippen LogP contribution in [0.4, 0.5) is 0 Å². The largest absolute Gasteiger partial charge is 0.372 e. The summed E-state index contributed by atoms with van der Waals surface area (Å²) in [6.07, 6.45) is 1.33. The number of nitrogens with zero attached hydrogens (tertiary/aromatic N) is 2. The quantitative estimate of drug-likeness (QED) is 0.893. The van der Waals surface area contributed by atoms with E-state index >= 15 is 0 Å². The second-order valence-corrected chi connectivity index (χ2v) is 5.93. The topological polar surface area (TPSA) is 65.4 Å². The first-order chi connectivity index (χ1) is 10.1. The molecule has 1 saturated heterocycles. The number of hydrogen-bond donors (Lipinski definition) is 1. The molecule has 110 valence electrons. The van der Waals surface area contributed by atoms with Crippen molar-refractivity contribution in [2.45, 2.75) is 31.6 Å². The van der Waals surface area contributed by atoms with Gasteiger partial charge in [-0.3, -0.25) is 4.79 Å². The van der Waals surface area contributed by atoms with Crippen molar-refractivity contribution in [3.8, 4) is 6.07 Å². The summed E-state index contributed by atoms with van der Waals surface area (Å²) in [5, 5.41) is 12.4. The summed E-state index contributed by atoms with van der Waals surface area (Å²) in [6, 6.07) is 7.92. The van der Waals surface area contributed by atoms with Crippen molar-refractivity contribution < 1.29 is 9.53 Å². The number of ether oxygens (including phenoxy) is 1. The normalized spacial score (nSPS) is 20.6. The minimum Gasteiger partial charge on any atom is -0.372 e. The average Bonchev–Trinajstić information content (AvgIpc) is 2.97. The van der Waals surface area contributed by atoms with Crippen molar-refractivity contribution in [2.24, 2.45) is 0 Å². The number of rotatable bonds is 2. The van der Waals surface area contributed by atoms with Crippen LogP contribution in [-0.4, -0.2) is 36.5 Å². The Morgan fingerprint density at radius 2 is 2.05 bits per heavy atom. The molecule has 1 aromatic rings. The van der Waals surface area contributed by atoms with Gasteiger partial charge in [-0.25, -0.2) is 0 Å². The molecule has 0 aliphatic carbocycles. The highest BCUT2D eigenvalue weighted by molar-refractivity contribution is 5.95. The maximum Gasteiger partial charge on any atom is 0.252 e. The van der Waals surface area contributed by atoms with Crippen molar-refractivity contribution in [2.75, 3.05) is 20.1 Å². The second kappa shape index (κ2) is 5.47. The van der Waals surface area contributed by atoms with Gasteiger partial charge < -0.3 is 15.0 Å². The van der Waals surface area contributed by atoms with Gasteiger partial charge in [-0.2, -0.15) is 5.26 Å². The Labute approximate surface area is 124 Å². The molecule has 1 fully saturated rings. The van der Waals surface area contributed by atoms with Crippen LogP contribution in [0.25, 0.3) is 0 Å². The van der Waals surface area contributed by atoms with Crippen LogP contribution < -0.4 is 5.32 Å². The third-order valence-electron chi connectivity index (χ3n) is 4.39. The summed E-state index contributed by atoms with van der Waals surface area (Å²) in [6.45, 7) is 2.83. The Bertz CT molecular complexity index is 598. The molecule has 0 radical (unpaired) electrons. The molecule has 0 atom stereocenters. The van der Waals surface area contributed by atoms with E-state index in [4.69, 9.17) is 4.74 Å². The molecular formula is C16H19N3O2. The van der Waals surface area contributed by atoms with Crippen LogP contribution in [0.5, 0.6) is 0 Å². The molecule has 5 heteroatoms. The van der Waals surface area contributed by atoms with Gasteiger partial charge in [-0.15, -0.1) is 0 Å². The highest BCUT2D eigenvalue weighted by Crippen LogP contribution is 2.23. The maximum absolute atomic E-state index is 12.4. The molecule has 3 rings (SSSR count).